The van der Waals surface area contributed by atoms with Gasteiger partial charge in [0.15, 0.2) is 0 Å². The van der Waals surface area contributed by atoms with Crippen LogP contribution in [0.5, 0.6) is 0 Å². The molecule has 0 aliphatic rings. The molecule has 28 heavy (non-hydrogen) atoms. The molecule has 2 aromatic heterocycles. The van der Waals surface area contributed by atoms with Gasteiger partial charge in [0.25, 0.3) is 0 Å². The Labute approximate surface area is 168 Å². The van der Waals surface area contributed by atoms with Crippen LogP contribution in [0.15, 0.2) is 48.7 Å². The van der Waals surface area contributed by atoms with Crippen molar-refractivity contribution in [1.29, 1.82) is 0 Å². The zero-order chi connectivity index (χ0) is 19.5. The highest BCUT2D eigenvalue weighted by atomic mass is 32.1. The Morgan fingerprint density at radius 3 is 2.71 bits per heavy atom. The molecular weight excluding hydrogens is 368 g/mol. The van der Waals surface area contributed by atoms with Crippen molar-refractivity contribution in [3.05, 3.63) is 59.8 Å². The van der Waals surface area contributed by atoms with Gasteiger partial charge in [0.2, 0.25) is 5.13 Å². The number of aromatic amines is 1. The molecule has 4 aromatic rings. The van der Waals surface area contributed by atoms with Crippen molar-refractivity contribution < 1.29 is 0 Å². The Bertz CT molecular complexity index is 1050. The molecule has 0 aliphatic carbocycles. The summed E-state index contributed by atoms with van der Waals surface area (Å²) in [4.78, 5) is 0. The van der Waals surface area contributed by atoms with Crippen molar-refractivity contribution in [1.82, 2.24) is 20.4 Å². The second-order valence-electron chi connectivity index (χ2n) is 7.33. The first-order valence-electron chi connectivity index (χ1n) is 9.44. The van der Waals surface area contributed by atoms with E-state index in [2.05, 4.69) is 69.9 Å². The number of nitrogens with zero attached hydrogens (tertiary/aromatic N) is 3. The van der Waals surface area contributed by atoms with E-state index in [1.165, 1.54) is 22.5 Å². The van der Waals surface area contributed by atoms with E-state index in [-0.39, 0.29) is 6.04 Å². The van der Waals surface area contributed by atoms with Crippen LogP contribution in [0, 0.1) is 0 Å². The van der Waals surface area contributed by atoms with E-state index in [9.17, 15) is 0 Å². The van der Waals surface area contributed by atoms with Crippen LogP contribution in [0.1, 0.15) is 30.9 Å². The van der Waals surface area contributed by atoms with E-state index in [0.29, 0.717) is 12.5 Å². The second kappa shape index (κ2) is 8.08. The number of nitrogens with one attached hydrogen (secondary N) is 2. The van der Waals surface area contributed by atoms with Crippen LogP contribution in [-0.4, -0.2) is 33.0 Å². The smallest absolute Gasteiger partial charge is 0.206 e. The van der Waals surface area contributed by atoms with E-state index >= 15 is 0 Å². The van der Waals surface area contributed by atoms with Gasteiger partial charge in [-0.1, -0.05) is 49.4 Å². The fraction of sp³-hybridized carbons (Fsp3) is 0.286. The Morgan fingerprint density at radius 2 is 1.93 bits per heavy atom. The summed E-state index contributed by atoms with van der Waals surface area (Å²) in [6.45, 7) is 5.06. The topological polar surface area (TPSA) is 92.5 Å². The zero-order valence-corrected chi connectivity index (χ0v) is 16.8. The quantitative estimate of drug-likeness (QED) is 0.439. The molecule has 1 atom stereocenters. The molecule has 4 N–H and O–H groups in total. The Hall–Kier alpha value is -2.77. The summed E-state index contributed by atoms with van der Waals surface area (Å²) >= 11 is 1.53. The highest BCUT2D eigenvalue weighted by Crippen LogP contribution is 2.28. The third-order valence-electron chi connectivity index (χ3n) is 4.77. The van der Waals surface area contributed by atoms with Gasteiger partial charge in [0, 0.05) is 23.5 Å². The summed E-state index contributed by atoms with van der Waals surface area (Å²) in [5, 5.41) is 21.6. The lowest BCUT2D eigenvalue weighted by molar-refractivity contribution is 0.698. The Balaban J connectivity index is 1.34. The Kier molecular flexibility index (Phi) is 5.36. The molecule has 6 nitrogen and oxygen atoms in total. The highest BCUT2D eigenvalue weighted by Gasteiger charge is 2.10. The molecule has 7 heteroatoms. The SMILES string of the molecule is CC(C)c1ccc(CC(N)CNc2nnc(-c3ccc4[nH]ncc4c3)s2)cc1. The predicted molar refractivity (Wildman–Crippen MR) is 116 cm³/mol. The minimum atomic E-state index is 0.0135. The molecule has 0 spiro atoms. The van der Waals surface area contributed by atoms with Crippen LogP contribution in [0.4, 0.5) is 5.13 Å². The van der Waals surface area contributed by atoms with E-state index in [4.69, 9.17) is 5.73 Å². The largest absolute Gasteiger partial charge is 0.359 e. The van der Waals surface area contributed by atoms with E-state index in [1.807, 2.05) is 18.3 Å². The molecule has 0 fully saturated rings. The number of rotatable bonds is 7. The molecule has 4 rings (SSSR count). The van der Waals surface area contributed by atoms with Crippen molar-refractivity contribution in [2.45, 2.75) is 32.2 Å². The summed E-state index contributed by atoms with van der Waals surface area (Å²) in [5.74, 6) is 0.546. The highest BCUT2D eigenvalue weighted by molar-refractivity contribution is 7.18. The van der Waals surface area contributed by atoms with Gasteiger partial charge in [0.05, 0.1) is 11.7 Å². The molecule has 0 saturated heterocycles. The maximum atomic E-state index is 6.30. The molecule has 1 unspecified atom stereocenters. The van der Waals surface area contributed by atoms with Crippen molar-refractivity contribution in [2.24, 2.45) is 5.73 Å². The maximum absolute atomic E-state index is 6.30. The van der Waals surface area contributed by atoms with Crippen LogP contribution < -0.4 is 11.1 Å². The monoisotopic (exact) mass is 392 g/mol. The third kappa shape index (κ3) is 4.21. The molecule has 2 heterocycles. The average Bonchev–Trinajstić information content (AvgIpc) is 3.35. The molecular formula is C21H24N6S. The van der Waals surface area contributed by atoms with E-state index in [1.54, 1.807) is 0 Å². The number of H-pyrrole nitrogens is 1. The van der Waals surface area contributed by atoms with Gasteiger partial charge in [-0.2, -0.15) is 5.10 Å². The second-order valence-corrected chi connectivity index (χ2v) is 8.30. The molecule has 0 radical (unpaired) electrons. The van der Waals surface area contributed by atoms with Gasteiger partial charge in [-0.3, -0.25) is 5.10 Å². The number of nitrogens with two attached hydrogens (primary N) is 1. The fourth-order valence-corrected chi connectivity index (χ4v) is 3.87. The lowest BCUT2D eigenvalue weighted by atomic mass is 9.99. The van der Waals surface area contributed by atoms with Crippen LogP contribution in [0.2, 0.25) is 0 Å². The number of hydrogen-bond donors (Lipinski definition) is 3. The van der Waals surface area contributed by atoms with Gasteiger partial charge in [-0.15, -0.1) is 10.2 Å². The summed E-state index contributed by atoms with van der Waals surface area (Å²) < 4.78 is 0. The molecule has 0 saturated carbocycles. The van der Waals surface area contributed by atoms with E-state index in [0.717, 1.165) is 33.0 Å². The number of benzene rings is 2. The van der Waals surface area contributed by atoms with Gasteiger partial charge in [-0.05, 0) is 41.7 Å². The average molecular weight is 393 g/mol. The minimum absolute atomic E-state index is 0.0135. The first-order chi connectivity index (χ1) is 13.6. The van der Waals surface area contributed by atoms with Gasteiger partial charge >= 0.3 is 0 Å². The molecule has 0 bridgehead atoms. The number of hydrogen-bond acceptors (Lipinski definition) is 6. The normalized spacial score (nSPS) is 12.6. The molecule has 0 aliphatic heterocycles. The Morgan fingerprint density at radius 1 is 1.11 bits per heavy atom. The lowest BCUT2D eigenvalue weighted by Crippen LogP contribution is -2.31. The van der Waals surface area contributed by atoms with Gasteiger partial charge in [0.1, 0.15) is 5.01 Å². The van der Waals surface area contributed by atoms with Gasteiger partial charge < -0.3 is 11.1 Å². The van der Waals surface area contributed by atoms with Gasteiger partial charge in [-0.25, -0.2) is 0 Å². The molecule has 2 aromatic carbocycles. The van der Waals surface area contributed by atoms with Crippen molar-refractivity contribution in [3.8, 4) is 10.6 Å². The van der Waals surface area contributed by atoms with Crippen LogP contribution in [0.3, 0.4) is 0 Å². The maximum Gasteiger partial charge on any atom is 0.206 e. The fourth-order valence-electron chi connectivity index (χ4n) is 3.12. The minimum Gasteiger partial charge on any atom is -0.359 e. The summed E-state index contributed by atoms with van der Waals surface area (Å²) in [7, 11) is 0. The van der Waals surface area contributed by atoms with Crippen LogP contribution >= 0.6 is 11.3 Å². The first-order valence-corrected chi connectivity index (χ1v) is 10.3. The summed E-state index contributed by atoms with van der Waals surface area (Å²) in [6, 6.07) is 14.8. The van der Waals surface area contributed by atoms with E-state index < -0.39 is 0 Å². The number of aromatic nitrogens is 4. The van der Waals surface area contributed by atoms with Crippen LogP contribution in [-0.2, 0) is 6.42 Å². The number of fused-ring (bicyclic) bond motifs is 1. The lowest BCUT2D eigenvalue weighted by Gasteiger charge is -2.13. The summed E-state index contributed by atoms with van der Waals surface area (Å²) in [6.07, 6.45) is 2.64. The standard InChI is InChI=1S/C21H24N6S/c1-13(2)15-5-3-14(4-6-15)9-18(22)12-23-21-27-26-20(28-21)16-7-8-19-17(10-16)11-24-25-19/h3-8,10-11,13,18H,9,12,22H2,1-2H3,(H,23,27)(H,24,25). The first kappa shape index (κ1) is 18.6. The summed E-state index contributed by atoms with van der Waals surface area (Å²) in [5.41, 5.74) is 11.0. The third-order valence-corrected chi connectivity index (χ3v) is 5.70. The van der Waals surface area contributed by atoms with Crippen LogP contribution in [0.25, 0.3) is 21.5 Å². The van der Waals surface area contributed by atoms with Crippen molar-refractivity contribution in [3.63, 3.8) is 0 Å². The number of anilines is 1. The van der Waals surface area contributed by atoms with Crippen molar-refractivity contribution in [2.75, 3.05) is 11.9 Å². The zero-order valence-electron chi connectivity index (χ0n) is 16.0. The molecule has 0 amide bonds. The van der Waals surface area contributed by atoms with Crippen molar-refractivity contribution >= 4 is 27.4 Å². The molecule has 144 valence electrons. The predicted octanol–water partition coefficient (Wildman–Crippen LogP) is 4.19.